The molecule has 3 rings (SSSR count). The first-order valence-corrected chi connectivity index (χ1v) is 10.2. The number of rotatable bonds is 7. The molecule has 170 valence electrons. The van der Waals surface area contributed by atoms with Gasteiger partial charge in [-0.3, -0.25) is 4.99 Å². The molecule has 1 heterocycles. The summed E-state index contributed by atoms with van der Waals surface area (Å²) in [6.07, 6.45) is -0.0164. The van der Waals surface area contributed by atoms with Gasteiger partial charge in [0.15, 0.2) is 5.96 Å². The second kappa shape index (κ2) is 12.1. The van der Waals surface area contributed by atoms with E-state index in [4.69, 9.17) is 9.47 Å². The minimum atomic E-state index is -0.985. The van der Waals surface area contributed by atoms with Crippen LogP contribution < -0.4 is 14.8 Å². The Hall–Kier alpha value is -2.07. The average molecular weight is 543 g/mol. The molecule has 2 unspecified atom stereocenters. The molecule has 1 fully saturated rings. The van der Waals surface area contributed by atoms with Gasteiger partial charge in [-0.05, 0) is 37.1 Å². The van der Waals surface area contributed by atoms with Crippen LogP contribution in [0.2, 0.25) is 0 Å². The lowest BCUT2D eigenvalue weighted by molar-refractivity contribution is 0.181. The van der Waals surface area contributed by atoms with Crippen LogP contribution in [-0.4, -0.2) is 56.4 Å². The maximum Gasteiger partial charge on any atom is 0.194 e. The van der Waals surface area contributed by atoms with Crippen LogP contribution in [0.25, 0.3) is 0 Å². The molecular formula is C23H31FIN3O3. The highest BCUT2D eigenvalue weighted by Crippen LogP contribution is 2.33. The van der Waals surface area contributed by atoms with Crippen LogP contribution in [-0.2, 0) is 0 Å². The summed E-state index contributed by atoms with van der Waals surface area (Å²) in [5, 5.41) is 13.7. The number of likely N-dealkylation sites (tertiary alicyclic amines) is 1. The van der Waals surface area contributed by atoms with Crippen molar-refractivity contribution >= 4 is 29.9 Å². The smallest absolute Gasteiger partial charge is 0.194 e. The molecule has 0 amide bonds. The molecule has 0 radical (unpaired) electrons. The molecule has 2 N–H and O–H groups in total. The van der Waals surface area contributed by atoms with E-state index in [2.05, 4.69) is 15.2 Å². The monoisotopic (exact) mass is 543 g/mol. The number of aliphatic hydroxyl groups excluding tert-OH is 1. The zero-order valence-corrected chi connectivity index (χ0v) is 20.5. The van der Waals surface area contributed by atoms with Crippen molar-refractivity contribution in [1.82, 2.24) is 10.2 Å². The van der Waals surface area contributed by atoms with Gasteiger partial charge < -0.3 is 24.8 Å². The first kappa shape index (κ1) is 25.2. The maximum absolute atomic E-state index is 13.9. The molecule has 0 bridgehead atoms. The predicted octanol–water partition coefficient (Wildman–Crippen LogP) is 3.95. The fourth-order valence-corrected chi connectivity index (χ4v) is 3.73. The number of aliphatic imine (C=N–C) groups is 1. The normalized spacial score (nSPS) is 17.1. The van der Waals surface area contributed by atoms with Crippen LogP contribution in [0.3, 0.4) is 0 Å². The van der Waals surface area contributed by atoms with Crippen LogP contribution in [0.15, 0.2) is 47.5 Å². The Morgan fingerprint density at radius 2 is 1.90 bits per heavy atom. The number of methoxy groups -OCH3 is 2. The van der Waals surface area contributed by atoms with E-state index in [0.29, 0.717) is 12.5 Å². The fourth-order valence-electron chi connectivity index (χ4n) is 3.73. The number of nitrogens with one attached hydrogen (secondary N) is 1. The van der Waals surface area contributed by atoms with E-state index in [1.165, 1.54) is 6.07 Å². The van der Waals surface area contributed by atoms with Crippen molar-refractivity contribution < 1.29 is 19.0 Å². The molecule has 2 aromatic rings. The van der Waals surface area contributed by atoms with E-state index in [-0.39, 0.29) is 36.1 Å². The van der Waals surface area contributed by atoms with E-state index in [9.17, 15) is 9.50 Å². The SMILES string of the molecule is CCNC(=NCC(O)c1ccccc1F)N1CCC(c2cc(OC)cc(OC)c2)C1.I. The lowest BCUT2D eigenvalue weighted by atomic mass is 9.98. The van der Waals surface area contributed by atoms with E-state index < -0.39 is 11.9 Å². The van der Waals surface area contributed by atoms with Crippen molar-refractivity contribution in [3.63, 3.8) is 0 Å². The minimum absolute atomic E-state index is 0. The minimum Gasteiger partial charge on any atom is -0.497 e. The number of ether oxygens (including phenoxy) is 2. The van der Waals surface area contributed by atoms with Crippen molar-refractivity contribution in [2.45, 2.75) is 25.4 Å². The highest BCUT2D eigenvalue weighted by atomic mass is 127. The Balaban J connectivity index is 0.00000341. The summed E-state index contributed by atoms with van der Waals surface area (Å²) in [5.74, 6) is 2.17. The molecule has 8 heteroatoms. The molecule has 0 aromatic heterocycles. The second-order valence-electron chi connectivity index (χ2n) is 7.31. The molecule has 31 heavy (non-hydrogen) atoms. The third-order valence-electron chi connectivity index (χ3n) is 5.35. The topological polar surface area (TPSA) is 66.3 Å². The molecule has 2 atom stereocenters. The second-order valence-corrected chi connectivity index (χ2v) is 7.31. The third-order valence-corrected chi connectivity index (χ3v) is 5.35. The van der Waals surface area contributed by atoms with Gasteiger partial charge in [0.05, 0.1) is 20.8 Å². The van der Waals surface area contributed by atoms with Gasteiger partial charge in [-0.1, -0.05) is 18.2 Å². The maximum atomic E-state index is 13.9. The first-order valence-electron chi connectivity index (χ1n) is 10.2. The molecule has 0 saturated carbocycles. The van der Waals surface area contributed by atoms with E-state index >= 15 is 0 Å². The Bertz CT molecular complexity index is 859. The van der Waals surface area contributed by atoms with Crippen molar-refractivity contribution in [2.24, 2.45) is 4.99 Å². The summed E-state index contributed by atoms with van der Waals surface area (Å²) in [6, 6.07) is 12.2. The van der Waals surface area contributed by atoms with Crippen molar-refractivity contribution in [3.05, 3.63) is 59.4 Å². The van der Waals surface area contributed by atoms with Gasteiger partial charge in [-0.2, -0.15) is 0 Å². The first-order chi connectivity index (χ1) is 14.5. The number of benzene rings is 2. The van der Waals surface area contributed by atoms with Gasteiger partial charge in [0.2, 0.25) is 0 Å². The van der Waals surface area contributed by atoms with Crippen LogP contribution in [0.4, 0.5) is 4.39 Å². The third kappa shape index (κ3) is 6.46. The highest BCUT2D eigenvalue weighted by molar-refractivity contribution is 14.0. The van der Waals surface area contributed by atoms with Gasteiger partial charge in [0.25, 0.3) is 0 Å². The van der Waals surface area contributed by atoms with Crippen LogP contribution in [0, 0.1) is 5.82 Å². The van der Waals surface area contributed by atoms with Crippen LogP contribution in [0.1, 0.15) is 36.5 Å². The van der Waals surface area contributed by atoms with E-state index in [1.54, 1.807) is 32.4 Å². The molecule has 6 nitrogen and oxygen atoms in total. The molecule has 1 aliphatic rings. The zero-order valence-electron chi connectivity index (χ0n) is 18.2. The van der Waals surface area contributed by atoms with Crippen molar-refractivity contribution in [2.75, 3.05) is 40.4 Å². The number of hydrogen-bond donors (Lipinski definition) is 2. The zero-order chi connectivity index (χ0) is 21.5. The van der Waals surface area contributed by atoms with Crippen molar-refractivity contribution in [3.8, 4) is 11.5 Å². The van der Waals surface area contributed by atoms with Gasteiger partial charge in [-0.15, -0.1) is 24.0 Å². The Labute approximate surface area is 200 Å². The fraction of sp³-hybridized carbons (Fsp3) is 0.435. The number of hydrogen-bond acceptors (Lipinski definition) is 4. The average Bonchev–Trinajstić information content (AvgIpc) is 3.26. The summed E-state index contributed by atoms with van der Waals surface area (Å²) in [4.78, 5) is 6.75. The van der Waals surface area contributed by atoms with Crippen LogP contribution in [0.5, 0.6) is 11.5 Å². The van der Waals surface area contributed by atoms with E-state index in [1.807, 2.05) is 25.1 Å². The molecule has 1 aliphatic heterocycles. The largest absolute Gasteiger partial charge is 0.497 e. The summed E-state index contributed by atoms with van der Waals surface area (Å²) < 4.78 is 24.7. The van der Waals surface area contributed by atoms with Gasteiger partial charge >= 0.3 is 0 Å². The van der Waals surface area contributed by atoms with E-state index in [0.717, 1.165) is 42.5 Å². The Morgan fingerprint density at radius 3 is 2.52 bits per heavy atom. The lowest BCUT2D eigenvalue weighted by Gasteiger charge is -2.22. The number of halogens is 2. The van der Waals surface area contributed by atoms with Crippen molar-refractivity contribution in [1.29, 1.82) is 0 Å². The summed E-state index contributed by atoms with van der Waals surface area (Å²) in [5.41, 5.74) is 1.43. The number of nitrogens with zero attached hydrogens (tertiary/aromatic N) is 2. The standard InChI is InChI=1S/C23H30FN3O3.HI/c1-4-25-23(26-14-22(28)20-7-5-6-8-21(20)24)27-10-9-16(15-27)17-11-18(29-2)13-19(12-17)30-3;/h5-8,11-13,16,22,28H,4,9-10,14-15H2,1-3H3,(H,25,26);1H. The van der Waals surface area contributed by atoms with Gasteiger partial charge in [-0.25, -0.2) is 4.39 Å². The molecule has 0 spiro atoms. The van der Waals surface area contributed by atoms with Crippen LogP contribution >= 0.6 is 24.0 Å². The number of aliphatic hydroxyl groups is 1. The highest BCUT2D eigenvalue weighted by Gasteiger charge is 2.27. The summed E-state index contributed by atoms with van der Waals surface area (Å²) >= 11 is 0. The predicted molar refractivity (Wildman–Crippen MR) is 131 cm³/mol. The van der Waals surface area contributed by atoms with Gasteiger partial charge in [0.1, 0.15) is 23.4 Å². The summed E-state index contributed by atoms with van der Waals surface area (Å²) in [6.45, 7) is 4.44. The molecular weight excluding hydrogens is 512 g/mol. The molecule has 0 aliphatic carbocycles. The van der Waals surface area contributed by atoms with Gasteiger partial charge in [0, 0.05) is 37.2 Å². The summed E-state index contributed by atoms with van der Waals surface area (Å²) in [7, 11) is 3.30. The Kier molecular flexibility index (Phi) is 9.83. The molecule has 1 saturated heterocycles. The quantitative estimate of drug-likeness (QED) is 0.315. The Morgan fingerprint density at radius 1 is 1.23 bits per heavy atom. The lowest BCUT2D eigenvalue weighted by Crippen LogP contribution is -2.40. The molecule has 2 aromatic carbocycles. The number of guanidine groups is 1.